The van der Waals surface area contributed by atoms with E-state index in [0.29, 0.717) is 13.2 Å². The minimum absolute atomic E-state index is 0.222. The number of ether oxygens (including phenoxy) is 2. The third kappa shape index (κ3) is 2.49. The molecule has 3 heteroatoms. The van der Waals surface area contributed by atoms with E-state index >= 15 is 0 Å². The fourth-order valence-corrected chi connectivity index (χ4v) is 1.53. The average Bonchev–Trinajstić information content (AvgIpc) is 2.29. The van der Waals surface area contributed by atoms with Crippen LogP contribution >= 0.6 is 0 Å². The summed E-state index contributed by atoms with van der Waals surface area (Å²) in [7, 11) is 1.63. The van der Waals surface area contributed by atoms with Crippen LogP contribution in [0.5, 0.6) is 5.75 Å². The first-order chi connectivity index (χ1) is 7.79. The second kappa shape index (κ2) is 4.94. The van der Waals surface area contributed by atoms with E-state index in [1.807, 2.05) is 18.2 Å². The van der Waals surface area contributed by atoms with Crippen LogP contribution in [-0.4, -0.2) is 20.3 Å². The highest BCUT2D eigenvalue weighted by atomic mass is 19.1. The summed E-state index contributed by atoms with van der Waals surface area (Å²) >= 11 is 0. The zero-order valence-corrected chi connectivity index (χ0v) is 9.07. The van der Waals surface area contributed by atoms with Crippen LogP contribution in [0.1, 0.15) is 0 Å². The summed E-state index contributed by atoms with van der Waals surface area (Å²) in [6.45, 7) is 1.07. The topological polar surface area (TPSA) is 18.5 Å². The maximum atomic E-state index is 12.9. The Morgan fingerprint density at radius 1 is 1.00 bits per heavy atom. The molecule has 0 amide bonds. The number of fused-ring (bicyclic) bond motifs is 1. The molecule has 84 valence electrons. The zero-order chi connectivity index (χ0) is 11.4. The van der Waals surface area contributed by atoms with Gasteiger partial charge in [-0.25, -0.2) is 4.39 Å². The maximum Gasteiger partial charge on any atom is 0.123 e. The van der Waals surface area contributed by atoms with Crippen LogP contribution in [0, 0.1) is 5.82 Å². The van der Waals surface area contributed by atoms with Crippen molar-refractivity contribution in [1.82, 2.24) is 0 Å². The van der Waals surface area contributed by atoms with Gasteiger partial charge in [-0.05, 0) is 35.0 Å². The first-order valence-corrected chi connectivity index (χ1v) is 5.10. The quantitative estimate of drug-likeness (QED) is 0.737. The molecule has 0 aliphatic heterocycles. The third-order valence-electron chi connectivity index (χ3n) is 2.33. The van der Waals surface area contributed by atoms with Crippen molar-refractivity contribution in [2.45, 2.75) is 0 Å². The molecule has 0 N–H and O–H groups in total. The van der Waals surface area contributed by atoms with Gasteiger partial charge in [0.1, 0.15) is 18.2 Å². The second-order valence-electron chi connectivity index (χ2n) is 3.49. The molecule has 2 nitrogen and oxygen atoms in total. The predicted molar refractivity (Wildman–Crippen MR) is 61.3 cm³/mol. The number of hydrogen-bond donors (Lipinski definition) is 0. The van der Waals surface area contributed by atoms with E-state index in [-0.39, 0.29) is 5.82 Å². The first-order valence-electron chi connectivity index (χ1n) is 5.10. The lowest BCUT2D eigenvalue weighted by atomic mass is 10.1. The largest absolute Gasteiger partial charge is 0.491 e. The minimum Gasteiger partial charge on any atom is -0.491 e. The van der Waals surface area contributed by atoms with Gasteiger partial charge in [0.15, 0.2) is 0 Å². The highest BCUT2D eigenvalue weighted by Crippen LogP contribution is 2.21. The van der Waals surface area contributed by atoms with Gasteiger partial charge in [0, 0.05) is 7.11 Å². The van der Waals surface area contributed by atoms with E-state index < -0.39 is 0 Å². The van der Waals surface area contributed by atoms with Gasteiger partial charge in [-0.15, -0.1) is 0 Å². The second-order valence-corrected chi connectivity index (χ2v) is 3.49. The molecule has 0 unspecified atom stereocenters. The Labute approximate surface area is 93.6 Å². The third-order valence-corrected chi connectivity index (χ3v) is 2.33. The van der Waals surface area contributed by atoms with Crippen LogP contribution in [0.3, 0.4) is 0 Å². The van der Waals surface area contributed by atoms with Gasteiger partial charge in [0.2, 0.25) is 0 Å². The highest BCUT2D eigenvalue weighted by molar-refractivity contribution is 5.83. The monoisotopic (exact) mass is 220 g/mol. The molecule has 16 heavy (non-hydrogen) atoms. The lowest BCUT2D eigenvalue weighted by Gasteiger charge is -2.06. The van der Waals surface area contributed by atoms with Crippen molar-refractivity contribution in [3.05, 3.63) is 42.2 Å². The smallest absolute Gasteiger partial charge is 0.123 e. The van der Waals surface area contributed by atoms with Gasteiger partial charge in [-0.2, -0.15) is 0 Å². The molecule has 2 aromatic carbocycles. The molecule has 0 bridgehead atoms. The SMILES string of the molecule is COCCOc1ccc2cc(F)ccc2c1. The van der Waals surface area contributed by atoms with Gasteiger partial charge in [-0.3, -0.25) is 0 Å². The number of benzene rings is 2. The molecule has 2 rings (SSSR count). The van der Waals surface area contributed by atoms with E-state index in [1.54, 1.807) is 13.2 Å². The Kier molecular flexibility index (Phi) is 3.37. The van der Waals surface area contributed by atoms with Crippen LogP contribution < -0.4 is 4.74 Å². The summed E-state index contributed by atoms with van der Waals surface area (Å²) in [6, 6.07) is 10.3. The standard InChI is InChI=1S/C13H13FO2/c1-15-6-7-16-13-5-3-10-8-12(14)4-2-11(10)9-13/h2-5,8-9H,6-7H2,1H3. The molecule has 0 atom stereocenters. The summed E-state index contributed by atoms with van der Waals surface area (Å²) in [4.78, 5) is 0. The number of halogens is 1. The number of hydrogen-bond acceptors (Lipinski definition) is 2. The molecule has 2 aromatic rings. The molecule has 0 aliphatic rings. The van der Waals surface area contributed by atoms with Gasteiger partial charge < -0.3 is 9.47 Å². The Morgan fingerprint density at radius 3 is 2.56 bits per heavy atom. The summed E-state index contributed by atoms with van der Waals surface area (Å²) in [5.74, 6) is 0.553. The Hall–Kier alpha value is -1.61. The van der Waals surface area contributed by atoms with Gasteiger partial charge in [0.25, 0.3) is 0 Å². The van der Waals surface area contributed by atoms with Gasteiger partial charge >= 0.3 is 0 Å². The van der Waals surface area contributed by atoms with Crippen LogP contribution in [0.4, 0.5) is 4.39 Å². The lowest BCUT2D eigenvalue weighted by Crippen LogP contribution is -2.03. The Balaban J connectivity index is 2.20. The van der Waals surface area contributed by atoms with Crippen molar-refractivity contribution in [1.29, 1.82) is 0 Å². The Morgan fingerprint density at radius 2 is 1.75 bits per heavy atom. The molecule has 0 fully saturated rings. The van der Waals surface area contributed by atoms with E-state index in [1.165, 1.54) is 12.1 Å². The van der Waals surface area contributed by atoms with E-state index in [0.717, 1.165) is 16.5 Å². The zero-order valence-electron chi connectivity index (χ0n) is 9.07. The molecule has 0 aromatic heterocycles. The fraction of sp³-hybridized carbons (Fsp3) is 0.231. The van der Waals surface area contributed by atoms with Crippen LogP contribution in [0.15, 0.2) is 36.4 Å². The molecule has 0 saturated carbocycles. The summed E-state index contributed by atoms with van der Waals surface area (Å²) in [5.41, 5.74) is 0. The first kappa shape index (κ1) is 10.9. The molecule has 0 aliphatic carbocycles. The molecule has 0 saturated heterocycles. The predicted octanol–water partition coefficient (Wildman–Crippen LogP) is 3.00. The van der Waals surface area contributed by atoms with Crippen LogP contribution in [0.2, 0.25) is 0 Å². The van der Waals surface area contributed by atoms with E-state index in [9.17, 15) is 4.39 Å². The molecule has 0 spiro atoms. The fourth-order valence-electron chi connectivity index (χ4n) is 1.53. The molecule has 0 radical (unpaired) electrons. The van der Waals surface area contributed by atoms with Crippen molar-refractivity contribution >= 4 is 10.8 Å². The van der Waals surface area contributed by atoms with Crippen molar-refractivity contribution < 1.29 is 13.9 Å². The molecular weight excluding hydrogens is 207 g/mol. The molecular formula is C13H13FO2. The summed E-state index contributed by atoms with van der Waals surface area (Å²) in [5, 5.41) is 1.84. The van der Waals surface area contributed by atoms with Gasteiger partial charge in [0.05, 0.1) is 6.61 Å². The van der Waals surface area contributed by atoms with Crippen LogP contribution in [-0.2, 0) is 4.74 Å². The number of methoxy groups -OCH3 is 1. The van der Waals surface area contributed by atoms with Crippen molar-refractivity contribution in [3.8, 4) is 5.75 Å². The molecule has 0 heterocycles. The average molecular weight is 220 g/mol. The maximum absolute atomic E-state index is 12.9. The lowest BCUT2D eigenvalue weighted by molar-refractivity contribution is 0.146. The van der Waals surface area contributed by atoms with Crippen molar-refractivity contribution in [2.75, 3.05) is 20.3 Å². The van der Waals surface area contributed by atoms with Gasteiger partial charge in [-0.1, -0.05) is 12.1 Å². The van der Waals surface area contributed by atoms with E-state index in [2.05, 4.69) is 0 Å². The highest BCUT2D eigenvalue weighted by Gasteiger charge is 1.98. The van der Waals surface area contributed by atoms with E-state index in [4.69, 9.17) is 9.47 Å². The Bertz CT molecular complexity index is 482. The van der Waals surface area contributed by atoms with Crippen molar-refractivity contribution in [3.63, 3.8) is 0 Å². The summed E-state index contributed by atoms with van der Waals surface area (Å²) < 4.78 is 23.3. The minimum atomic E-state index is -0.222. The summed E-state index contributed by atoms with van der Waals surface area (Å²) in [6.07, 6.45) is 0. The normalized spacial score (nSPS) is 10.6. The number of rotatable bonds is 4. The van der Waals surface area contributed by atoms with Crippen molar-refractivity contribution in [2.24, 2.45) is 0 Å². The van der Waals surface area contributed by atoms with Crippen LogP contribution in [0.25, 0.3) is 10.8 Å².